The third kappa shape index (κ3) is 10.5. The second kappa shape index (κ2) is 12.7. The van der Waals surface area contributed by atoms with Crippen LogP contribution in [-0.2, 0) is 33.6 Å². The zero-order valence-corrected chi connectivity index (χ0v) is 16.1. The first-order valence-electron chi connectivity index (χ1n) is 8.57. The lowest BCUT2D eigenvalue weighted by Crippen LogP contribution is -2.58. The molecule has 174 valence electrons. The van der Waals surface area contributed by atoms with Crippen LogP contribution < -0.4 is 33.2 Å². The van der Waals surface area contributed by atoms with E-state index in [2.05, 4.69) is 0 Å². The standard InChI is InChI=1S/C15H24N6O10/c16-5(4-22)12(27)19-6(1-9(17)23)13(28)20-7(2-10(18)24)14(29)21-8(15(30)31)3-11(25)26/h5-8,22H,1-4,16H2,(H2,17,23)(H2,18,24)(H,19,27)(H,20,28)(H,21,29)(H,25,26)(H,30,31). The number of carbonyl (C=O) groups is 7. The largest absolute Gasteiger partial charge is 0.481 e. The Hall–Kier alpha value is -3.79. The Kier molecular flexibility index (Phi) is 11.2. The number of aliphatic carboxylic acids is 2. The number of rotatable bonds is 14. The fraction of sp³-hybridized carbons (Fsp3) is 0.533. The number of hydrogen-bond acceptors (Lipinski definition) is 9. The first-order chi connectivity index (χ1) is 14.3. The molecule has 0 aromatic heterocycles. The van der Waals surface area contributed by atoms with Crippen molar-refractivity contribution in [2.24, 2.45) is 17.2 Å². The molecule has 16 heteroatoms. The minimum absolute atomic E-state index is 0.753. The zero-order chi connectivity index (χ0) is 24.3. The third-order valence-electron chi connectivity index (χ3n) is 3.60. The van der Waals surface area contributed by atoms with Gasteiger partial charge in [0.05, 0.1) is 25.9 Å². The summed E-state index contributed by atoms with van der Waals surface area (Å²) in [5.74, 6) is -8.87. The van der Waals surface area contributed by atoms with Crippen molar-refractivity contribution >= 4 is 41.5 Å². The van der Waals surface area contributed by atoms with Gasteiger partial charge in [-0.15, -0.1) is 0 Å². The van der Waals surface area contributed by atoms with Crippen LogP contribution in [0.3, 0.4) is 0 Å². The Bertz CT molecular complexity index is 742. The van der Waals surface area contributed by atoms with Crippen molar-refractivity contribution in [1.82, 2.24) is 16.0 Å². The molecule has 0 radical (unpaired) electrons. The highest BCUT2D eigenvalue weighted by Gasteiger charge is 2.32. The maximum absolute atomic E-state index is 12.4. The van der Waals surface area contributed by atoms with E-state index in [0.717, 1.165) is 0 Å². The van der Waals surface area contributed by atoms with Gasteiger partial charge in [0, 0.05) is 0 Å². The first kappa shape index (κ1) is 27.2. The van der Waals surface area contributed by atoms with E-state index in [1.54, 1.807) is 0 Å². The molecule has 0 fully saturated rings. The van der Waals surface area contributed by atoms with Gasteiger partial charge in [0.25, 0.3) is 0 Å². The number of primary amides is 2. The van der Waals surface area contributed by atoms with Gasteiger partial charge in [0.1, 0.15) is 24.2 Å². The quantitative estimate of drug-likeness (QED) is 0.120. The van der Waals surface area contributed by atoms with E-state index < -0.39 is 91.5 Å². The van der Waals surface area contributed by atoms with Crippen molar-refractivity contribution in [2.45, 2.75) is 43.4 Å². The molecule has 0 saturated heterocycles. The van der Waals surface area contributed by atoms with Crippen molar-refractivity contribution in [1.29, 1.82) is 0 Å². The van der Waals surface area contributed by atoms with E-state index in [4.69, 9.17) is 32.5 Å². The number of amides is 5. The molecule has 0 rings (SSSR count). The van der Waals surface area contributed by atoms with E-state index in [1.807, 2.05) is 16.0 Å². The SMILES string of the molecule is NC(=O)CC(NC(=O)C(N)CO)C(=O)NC(CC(N)=O)C(=O)NC(CC(=O)O)C(=O)O. The molecule has 5 amide bonds. The van der Waals surface area contributed by atoms with Crippen LogP contribution in [-0.4, -0.2) is 87.6 Å². The molecule has 31 heavy (non-hydrogen) atoms. The van der Waals surface area contributed by atoms with Gasteiger partial charge >= 0.3 is 11.9 Å². The van der Waals surface area contributed by atoms with Gasteiger partial charge in [-0.3, -0.25) is 28.8 Å². The summed E-state index contributed by atoms with van der Waals surface area (Å²) in [4.78, 5) is 80.8. The molecule has 16 nitrogen and oxygen atoms in total. The highest BCUT2D eigenvalue weighted by molar-refractivity contribution is 5.97. The van der Waals surface area contributed by atoms with Crippen LogP contribution in [0.25, 0.3) is 0 Å². The number of nitrogens with one attached hydrogen (secondary N) is 3. The van der Waals surface area contributed by atoms with Crippen molar-refractivity contribution in [3.05, 3.63) is 0 Å². The number of carboxylic acids is 2. The van der Waals surface area contributed by atoms with Crippen LogP contribution in [0.4, 0.5) is 0 Å². The number of carboxylic acid groups (broad SMARTS) is 2. The third-order valence-corrected chi connectivity index (χ3v) is 3.60. The summed E-state index contributed by atoms with van der Waals surface area (Å²) >= 11 is 0. The summed E-state index contributed by atoms with van der Waals surface area (Å²) in [7, 11) is 0. The first-order valence-corrected chi connectivity index (χ1v) is 8.57. The predicted molar refractivity (Wildman–Crippen MR) is 98.4 cm³/mol. The van der Waals surface area contributed by atoms with Crippen LogP contribution in [0.1, 0.15) is 19.3 Å². The number of nitrogens with two attached hydrogens (primary N) is 3. The smallest absolute Gasteiger partial charge is 0.326 e. The molecule has 0 bridgehead atoms. The Morgan fingerprint density at radius 3 is 1.39 bits per heavy atom. The minimum Gasteiger partial charge on any atom is -0.481 e. The summed E-state index contributed by atoms with van der Waals surface area (Å²) in [5.41, 5.74) is 15.3. The lowest BCUT2D eigenvalue weighted by atomic mass is 10.1. The molecule has 4 unspecified atom stereocenters. The van der Waals surface area contributed by atoms with Crippen molar-refractivity contribution < 1.29 is 48.9 Å². The molecule has 0 saturated carbocycles. The van der Waals surface area contributed by atoms with Crippen LogP contribution >= 0.6 is 0 Å². The Labute approximate surface area is 174 Å². The highest BCUT2D eigenvalue weighted by atomic mass is 16.4. The Morgan fingerprint density at radius 1 is 0.677 bits per heavy atom. The summed E-state index contributed by atoms with van der Waals surface area (Å²) < 4.78 is 0. The van der Waals surface area contributed by atoms with Crippen LogP contribution in [0.2, 0.25) is 0 Å². The van der Waals surface area contributed by atoms with Gasteiger partial charge in [0.15, 0.2) is 0 Å². The number of carbonyl (C=O) groups excluding carboxylic acids is 5. The van der Waals surface area contributed by atoms with E-state index in [0.29, 0.717) is 0 Å². The van der Waals surface area contributed by atoms with Gasteiger partial charge in [-0.2, -0.15) is 0 Å². The maximum atomic E-state index is 12.4. The van der Waals surface area contributed by atoms with Crippen LogP contribution in [0.5, 0.6) is 0 Å². The summed E-state index contributed by atoms with van der Waals surface area (Å²) in [6.45, 7) is -0.788. The lowest BCUT2D eigenvalue weighted by Gasteiger charge is -2.23. The average Bonchev–Trinajstić information content (AvgIpc) is 2.64. The summed E-state index contributed by atoms with van der Waals surface area (Å²) in [5, 5.41) is 32.4. The zero-order valence-electron chi connectivity index (χ0n) is 16.1. The molecule has 12 N–H and O–H groups in total. The lowest BCUT2D eigenvalue weighted by molar-refractivity contribution is -0.147. The van der Waals surface area contributed by atoms with Crippen molar-refractivity contribution in [2.75, 3.05) is 6.61 Å². The molecule has 0 aromatic carbocycles. The summed E-state index contributed by atoms with van der Waals surface area (Å²) in [6.07, 6.45) is -2.58. The molecule has 4 atom stereocenters. The topological polar surface area (TPSA) is 294 Å². The molecule has 0 spiro atoms. The monoisotopic (exact) mass is 448 g/mol. The van der Waals surface area contributed by atoms with E-state index in [9.17, 15) is 33.6 Å². The number of hydrogen-bond donors (Lipinski definition) is 9. The summed E-state index contributed by atoms with van der Waals surface area (Å²) in [6, 6.07) is -6.78. The van der Waals surface area contributed by atoms with Crippen LogP contribution in [0.15, 0.2) is 0 Å². The van der Waals surface area contributed by atoms with Gasteiger partial charge in [0.2, 0.25) is 29.5 Å². The van der Waals surface area contributed by atoms with E-state index >= 15 is 0 Å². The maximum Gasteiger partial charge on any atom is 0.326 e. The van der Waals surface area contributed by atoms with Gasteiger partial charge in [-0.05, 0) is 0 Å². The van der Waals surface area contributed by atoms with E-state index in [-0.39, 0.29) is 0 Å². The van der Waals surface area contributed by atoms with Gasteiger partial charge in [-0.1, -0.05) is 0 Å². The van der Waals surface area contributed by atoms with Crippen molar-refractivity contribution in [3.8, 4) is 0 Å². The molecule has 0 aliphatic carbocycles. The molecule has 0 heterocycles. The van der Waals surface area contributed by atoms with Gasteiger partial charge in [-0.25, -0.2) is 4.79 Å². The number of aliphatic hydroxyl groups excluding tert-OH is 1. The predicted octanol–water partition coefficient (Wildman–Crippen LogP) is -5.93. The average molecular weight is 448 g/mol. The molecular formula is C15H24N6O10. The molecule has 0 aliphatic heterocycles. The number of aliphatic hydroxyl groups is 1. The Balaban J connectivity index is 5.53. The molecule has 0 aromatic rings. The van der Waals surface area contributed by atoms with Gasteiger partial charge < -0.3 is 48.5 Å². The van der Waals surface area contributed by atoms with Crippen molar-refractivity contribution in [3.63, 3.8) is 0 Å². The normalized spacial score (nSPS) is 14.3. The van der Waals surface area contributed by atoms with E-state index in [1.165, 1.54) is 0 Å². The second-order valence-electron chi connectivity index (χ2n) is 6.25. The van der Waals surface area contributed by atoms with Crippen LogP contribution in [0, 0.1) is 0 Å². The second-order valence-corrected chi connectivity index (χ2v) is 6.25. The molecule has 0 aliphatic rings. The fourth-order valence-corrected chi connectivity index (χ4v) is 2.10. The fourth-order valence-electron chi connectivity index (χ4n) is 2.10. The highest BCUT2D eigenvalue weighted by Crippen LogP contribution is 2.01. The Morgan fingerprint density at radius 2 is 1.06 bits per heavy atom. The molecular weight excluding hydrogens is 424 g/mol. The minimum atomic E-state index is -1.89.